The van der Waals surface area contributed by atoms with Gasteiger partial charge in [-0.15, -0.1) is 0 Å². The predicted molar refractivity (Wildman–Crippen MR) is 93.6 cm³/mol. The summed E-state index contributed by atoms with van der Waals surface area (Å²) in [5.41, 5.74) is 4.47. The lowest BCUT2D eigenvalue weighted by atomic mass is 10.1. The zero-order valence-electron chi connectivity index (χ0n) is 14.3. The number of benzene rings is 2. The molecule has 3 heteroatoms. The van der Waals surface area contributed by atoms with Gasteiger partial charge in [-0.05, 0) is 49.9 Å². The second-order valence-corrected chi connectivity index (χ2v) is 5.99. The number of nitrogens with one attached hydrogen (secondary N) is 1. The molecule has 0 heterocycles. The second kappa shape index (κ2) is 7.82. The molecular formula is C20H25NO2. The van der Waals surface area contributed by atoms with Crippen molar-refractivity contribution in [2.45, 2.75) is 46.8 Å². The Bertz CT molecular complexity index is 662. The first-order valence-electron chi connectivity index (χ1n) is 8.06. The van der Waals surface area contributed by atoms with Crippen LogP contribution in [-0.2, 0) is 11.3 Å². The monoisotopic (exact) mass is 311 g/mol. The molecule has 0 saturated heterocycles. The molecule has 0 fully saturated rings. The molecule has 1 atom stereocenters. The summed E-state index contributed by atoms with van der Waals surface area (Å²) in [6, 6.07) is 14.2. The van der Waals surface area contributed by atoms with E-state index in [0.29, 0.717) is 13.0 Å². The lowest BCUT2D eigenvalue weighted by Gasteiger charge is -2.19. The Kier molecular flexibility index (Phi) is 5.80. The number of ether oxygens (including phenoxy) is 1. The lowest BCUT2D eigenvalue weighted by molar-refractivity contribution is -0.128. The van der Waals surface area contributed by atoms with Crippen LogP contribution in [0.2, 0.25) is 0 Å². The Labute approximate surface area is 138 Å². The maximum atomic E-state index is 12.4. The molecule has 1 N–H and O–H groups in total. The van der Waals surface area contributed by atoms with Crippen LogP contribution >= 0.6 is 0 Å². The summed E-state index contributed by atoms with van der Waals surface area (Å²) in [4.78, 5) is 12.4. The molecule has 0 bridgehead atoms. The Morgan fingerprint density at radius 2 is 1.70 bits per heavy atom. The maximum Gasteiger partial charge on any atom is 0.261 e. The number of carbonyl (C=O) groups is 1. The highest BCUT2D eigenvalue weighted by atomic mass is 16.5. The first-order chi connectivity index (χ1) is 11.0. The molecule has 23 heavy (non-hydrogen) atoms. The fourth-order valence-electron chi connectivity index (χ4n) is 2.32. The number of hydrogen-bond donors (Lipinski definition) is 1. The van der Waals surface area contributed by atoms with Gasteiger partial charge in [0, 0.05) is 6.54 Å². The number of amides is 1. The highest BCUT2D eigenvalue weighted by Gasteiger charge is 2.18. The van der Waals surface area contributed by atoms with E-state index in [1.165, 1.54) is 5.56 Å². The molecule has 3 nitrogen and oxygen atoms in total. The van der Waals surface area contributed by atoms with Gasteiger partial charge in [0.05, 0.1) is 0 Å². The molecule has 0 unspecified atom stereocenters. The normalized spacial score (nSPS) is 11.8. The van der Waals surface area contributed by atoms with E-state index in [1.54, 1.807) is 0 Å². The van der Waals surface area contributed by atoms with E-state index in [4.69, 9.17) is 4.74 Å². The molecule has 2 aromatic rings. The number of rotatable bonds is 6. The molecule has 0 spiro atoms. The quantitative estimate of drug-likeness (QED) is 0.872. The zero-order chi connectivity index (χ0) is 16.8. The van der Waals surface area contributed by atoms with Crippen molar-refractivity contribution in [1.82, 2.24) is 5.32 Å². The van der Waals surface area contributed by atoms with Crippen molar-refractivity contribution in [3.63, 3.8) is 0 Å². The van der Waals surface area contributed by atoms with E-state index in [0.717, 1.165) is 22.4 Å². The minimum absolute atomic E-state index is 0.0750. The van der Waals surface area contributed by atoms with E-state index in [2.05, 4.69) is 5.32 Å². The first-order valence-corrected chi connectivity index (χ1v) is 8.06. The second-order valence-electron chi connectivity index (χ2n) is 5.99. The third-order valence-corrected chi connectivity index (χ3v) is 3.86. The average Bonchev–Trinajstić information content (AvgIpc) is 2.54. The zero-order valence-corrected chi connectivity index (χ0v) is 14.3. The van der Waals surface area contributed by atoms with Gasteiger partial charge in [0.1, 0.15) is 5.75 Å². The van der Waals surface area contributed by atoms with Crippen molar-refractivity contribution in [3.8, 4) is 5.75 Å². The molecule has 0 aliphatic carbocycles. The van der Waals surface area contributed by atoms with Gasteiger partial charge in [-0.25, -0.2) is 0 Å². The molecule has 0 aromatic heterocycles. The van der Waals surface area contributed by atoms with Crippen molar-refractivity contribution in [1.29, 1.82) is 0 Å². The molecule has 0 aliphatic rings. The summed E-state index contributed by atoms with van der Waals surface area (Å²) in [6.07, 6.45) is 0.161. The summed E-state index contributed by atoms with van der Waals surface area (Å²) in [5.74, 6) is 0.705. The Hall–Kier alpha value is -2.29. The summed E-state index contributed by atoms with van der Waals surface area (Å²) in [7, 11) is 0. The number of carbonyl (C=O) groups excluding carboxylic acids is 1. The number of aryl methyl sites for hydroxylation is 3. The number of hydrogen-bond acceptors (Lipinski definition) is 2. The van der Waals surface area contributed by atoms with Gasteiger partial charge in [0.2, 0.25) is 0 Å². The largest absolute Gasteiger partial charge is 0.480 e. The summed E-state index contributed by atoms with van der Waals surface area (Å²) in [6.45, 7) is 8.54. The standard InChI is InChI=1S/C20H25NO2/c1-5-18(23-19-12-15(3)6-9-16(19)4)20(22)21-13-17-10-7-14(2)8-11-17/h6-12,18H,5,13H2,1-4H3,(H,21,22)/t18-/m1/s1. The lowest BCUT2D eigenvalue weighted by Crippen LogP contribution is -2.37. The molecular weight excluding hydrogens is 286 g/mol. The van der Waals surface area contributed by atoms with Crippen LogP contribution in [0.25, 0.3) is 0 Å². The fraction of sp³-hybridized carbons (Fsp3) is 0.350. The van der Waals surface area contributed by atoms with Crippen molar-refractivity contribution < 1.29 is 9.53 Å². The molecule has 2 aromatic carbocycles. The third kappa shape index (κ3) is 4.85. The van der Waals surface area contributed by atoms with Gasteiger partial charge >= 0.3 is 0 Å². The van der Waals surface area contributed by atoms with Gasteiger partial charge in [-0.3, -0.25) is 4.79 Å². The molecule has 0 radical (unpaired) electrons. The van der Waals surface area contributed by atoms with Crippen LogP contribution in [0.15, 0.2) is 42.5 Å². The maximum absolute atomic E-state index is 12.4. The Morgan fingerprint density at radius 1 is 1.04 bits per heavy atom. The first kappa shape index (κ1) is 17.1. The van der Waals surface area contributed by atoms with Crippen LogP contribution < -0.4 is 10.1 Å². The van der Waals surface area contributed by atoms with Gasteiger partial charge in [0.25, 0.3) is 5.91 Å². The van der Waals surface area contributed by atoms with E-state index in [-0.39, 0.29) is 5.91 Å². The van der Waals surface area contributed by atoms with Crippen LogP contribution in [0.1, 0.15) is 35.6 Å². The predicted octanol–water partition coefficient (Wildman–Crippen LogP) is 4.09. The highest BCUT2D eigenvalue weighted by molar-refractivity contribution is 5.81. The van der Waals surface area contributed by atoms with E-state index in [9.17, 15) is 4.79 Å². The minimum Gasteiger partial charge on any atom is -0.480 e. The molecule has 2 rings (SSSR count). The summed E-state index contributed by atoms with van der Waals surface area (Å²) in [5, 5.41) is 2.96. The van der Waals surface area contributed by atoms with Crippen LogP contribution in [0, 0.1) is 20.8 Å². The highest BCUT2D eigenvalue weighted by Crippen LogP contribution is 2.21. The minimum atomic E-state index is -0.471. The molecule has 122 valence electrons. The fourth-order valence-corrected chi connectivity index (χ4v) is 2.32. The average molecular weight is 311 g/mol. The van der Waals surface area contributed by atoms with Crippen LogP contribution in [0.3, 0.4) is 0 Å². The molecule has 0 aliphatic heterocycles. The van der Waals surface area contributed by atoms with E-state index >= 15 is 0 Å². The van der Waals surface area contributed by atoms with Gasteiger partial charge in [-0.2, -0.15) is 0 Å². The van der Waals surface area contributed by atoms with Crippen LogP contribution in [0.5, 0.6) is 5.75 Å². The van der Waals surface area contributed by atoms with Gasteiger partial charge in [-0.1, -0.05) is 48.9 Å². The SMILES string of the molecule is CC[C@@H](Oc1cc(C)ccc1C)C(=O)NCc1ccc(C)cc1. The van der Waals surface area contributed by atoms with Crippen LogP contribution in [-0.4, -0.2) is 12.0 Å². The van der Waals surface area contributed by atoms with Crippen LogP contribution in [0.4, 0.5) is 0 Å². The van der Waals surface area contributed by atoms with Crippen molar-refractivity contribution in [2.75, 3.05) is 0 Å². The van der Waals surface area contributed by atoms with E-state index in [1.807, 2.05) is 70.2 Å². The van der Waals surface area contributed by atoms with E-state index < -0.39 is 6.10 Å². The molecule has 1 amide bonds. The van der Waals surface area contributed by atoms with Crippen molar-refractivity contribution in [3.05, 3.63) is 64.7 Å². The smallest absolute Gasteiger partial charge is 0.261 e. The van der Waals surface area contributed by atoms with Gasteiger partial charge in [0.15, 0.2) is 6.10 Å². The summed E-state index contributed by atoms with van der Waals surface area (Å²) >= 11 is 0. The third-order valence-electron chi connectivity index (χ3n) is 3.86. The topological polar surface area (TPSA) is 38.3 Å². The molecule has 0 saturated carbocycles. The van der Waals surface area contributed by atoms with Crippen molar-refractivity contribution in [2.24, 2.45) is 0 Å². The van der Waals surface area contributed by atoms with Gasteiger partial charge < -0.3 is 10.1 Å². The Balaban J connectivity index is 1.98. The summed E-state index contributed by atoms with van der Waals surface area (Å²) < 4.78 is 5.93. The Morgan fingerprint density at radius 3 is 2.35 bits per heavy atom. The van der Waals surface area contributed by atoms with Crippen molar-refractivity contribution >= 4 is 5.91 Å².